The number of alkyl halides is 2. The number of quaternary nitrogens is 2. The van der Waals surface area contributed by atoms with Crippen molar-refractivity contribution in [2.75, 3.05) is 31.6 Å². The van der Waals surface area contributed by atoms with Gasteiger partial charge in [-0.2, -0.15) is 0 Å². The summed E-state index contributed by atoms with van der Waals surface area (Å²) in [5, 5.41) is 4.44. The van der Waals surface area contributed by atoms with Crippen molar-refractivity contribution >= 4 is 85.0 Å². The predicted octanol–water partition coefficient (Wildman–Crippen LogP) is 12.3. The number of Topliss-reactive ketones (excluding diaryl/α,β-unsaturated/α-hetero) is 2. The van der Waals surface area contributed by atoms with E-state index in [1.165, 1.54) is 59.1 Å². The highest BCUT2D eigenvalue weighted by atomic mass is 79.9. The van der Waals surface area contributed by atoms with Crippen LogP contribution in [0, 0.1) is 50.9 Å². The van der Waals surface area contributed by atoms with E-state index in [0.29, 0.717) is 34.3 Å². The normalized spacial score (nSPS) is 12.2. The third kappa shape index (κ3) is 30.5. The van der Waals surface area contributed by atoms with Crippen molar-refractivity contribution in [2.24, 2.45) is 16.2 Å². The minimum absolute atomic E-state index is 0. The second-order valence-electron chi connectivity index (χ2n) is 27.9. The highest BCUT2D eigenvalue weighted by Gasteiger charge is 2.26. The van der Waals surface area contributed by atoms with Crippen LogP contribution in [0.3, 0.4) is 0 Å². The van der Waals surface area contributed by atoms with Crippen LogP contribution in [-0.2, 0) is 20.3 Å². The number of rotatable bonds is 15. The average molecular weight is 1500 g/mol. The molecule has 0 aliphatic carbocycles. The number of benzene rings is 8. The smallest absolute Gasteiger partial charge is 0.316 e. The van der Waals surface area contributed by atoms with Crippen LogP contribution >= 0.6 is 27.5 Å². The summed E-state index contributed by atoms with van der Waals surface area (Å²) in [6, 6.07) is 59.1. The van der Waals surface area contributed by atoms with Crippen LogP contribution < -0.4 is 60.5 Å². The van der Waals surface area contributed by atoms with Crippen LogP contribution in [-0.4, -0.2) is 76.5 Å². The molecule has 1 aliphatic heterocycles. The van der Waals surface area contributed by atoms with Crippen molar-refractivity contribution in [1.29, 1.82) is 0 Å². The van der Waals surface area contributed by atoms with Gasteiger partial charge in [0.15, 0.2) is 11.6 Å². The van der Waals surface area contributed by atoms with Crippen molar-refractivity contribution in [3.8, 4) is 34.3 Å². The number of aromatic amines is 1. The third-order valence-electron chi connectivity index (χ3n) is 15.5. The molecule has 10 rings (SSSR count). The lowest BCUT2D eigenvalue weighted by Crippen LogP contribution is -3.00. The zero-order valence-electron chi connectivity index (χ0n) is 61.5. The zero-order chi connectivity index (χ0) is 73.2. The maximum Gasteiger partial charge on any atom is 0.316 e. The molecule has 1 fully saturated rings. The number of hydrogen-bond acceptors (Lipinski definition) is 11. The van der Waals surface area contributed by atoms with Crippen LogP contribution in [0.5, 0.6) is 23.0 Å². The van der Waals surface area contributed by atoms with E-state index in [1.54, 1.807) is 97.0 Å². The molecule has 8 aromatic carbocycles. The number of fused-ring (bicyclic) bond motifs is 1. The van der Waals surface area contributed by atoms with Crippen LogP contribution in [0.15, 0.2) is 188 Å². The molecule has 542 valence electrons. The third-order valence-corrected chi connectivity index (χ3v) is 16.2. The number of carbonyl (C=O) groups excluding carboxylic acids is 5. The SMILES string of the molecule is CC(Br)C(=O)c1ccc(OC(=O)C(C)(C)C)cc1.Cc1ccc(NC(C)C(=O)c2ccc(OC(=O)C(C)(C)C)cc2)cc1.Cc1ccc([NH3+])cc1.Cc1ccc([NH3+])cc1.Cc1ccc2[nH]c(-c3ccc(OC(=O)C(C)(C)C)cc3)c(C)c2c1.ClCc1ccc(OCCN2CCCC2)cc1.[Cl-].[Cl-]. The van der Waals surface area contributed by atoms with Crippen molar-refractivity contribution < 1.29 is 79.2 Å². The number of ketones is 2. The van der Waals surface area contributed by atoms with Crippen LogP contribution in [0.4, 0.5) is 17.1 Å². The summed E-state index contributed by atoms with van der Waals surface area (Å²) in [7, 11) is 0. The van der Waals surface area contributed by atoms with E-state index < -0.39 is 16.2 Å². The topological polar surface area (TPSA) is 209 Å². The van der Waals surface area contributed by atoms with Crippen molar-refractivity contribution in [3.05, 3.63) is 233 Å². The molecule has 2 heterocycles. The number of esters is 3. The number of likely N-dealkylation sites (tertiary alicyclic amines) is 1. The molecule has 0 saturated carbocycles. The number of aryl methyl sites for hydroxylation is 5. The quantitative estimate of drug-likeness (QED) is 0.0328. The Morgan fingerprint density at radius 3 is 1.28 bits per heavy atom. The molecule has 0 bridgehead atoms. The van der Waals surface area contributed by atoms with Crippen LogP contribution in [0.25, 0.3) is 22.2 Å². The molecule has 0 spiro atoms. The highest BCUT2D eigenvalue weighted by molar-refractivity contribution is 9.10. The van der Waals surface area contributed by atoms with E-state index in [-0.39, 0.29) is 65.2 Å². The fourth-order valence-corrected chi connectivity index (χ4v) is 9.61. The second kappa shape index (κ2) is 41.7. The lowest BCUT2D eigenvalue weighted by Gasteiger charge is -2.17. The molecule has 9 aromatic rings. The summed E-state index contributed by atoms with van der Waals surface area (Å²) < 4.78 is 21.6. The van der Waals surface area contributed by atoms with E-state index in [9.17, 15) is 24.0 Å². The first-order valence-corrected chi connectivity index (χ1v) is 34.9. The molecular formula is C83H103BrCl3N5O9. The van der Waals surface area contributed by atoms with Gasteiger partial charge in [0.2, 0.25) is 0 Å². The molecule has 8 N–H and O–H groups in total. The van der Waals surface area contributed by atoms with Crippen LogP contribution in [0.1, 0.15) is 143 Å². The summed E-state index contributed by atoms with van der Waals surface area (Å²) in [5.41, 5.74) is 20.8. The number of nitrogens with zero attached hydrogens (tertiary/aromatic N) is 1. The van der Waals surface area contributed by atoms with Crippen molar-refractivity contribution in [3.63, 3.8) is 0 Å². The molecule has 1 aliphatic rings. The Kier molecular flexibility index (Phi) is 36.0. The Morgan fingerprint density at radius 1 is 0.515 bits per heavy atom. The minimum Gasteiger partial charge on any atom is -1.00 e. The Balaban J connectivity index is 0.000000327. The molecule has 1 aromatic heterocycles. The summed E-state index contributed by atoms with van der Waals surface area (Å²) in [6.45, 7) is 34.6. The van der Waals surface area contributed by atoms with Gasteiger partial charge in [-0.25, -0.2) is 0 Å². The molecule has 2 atom stereocenters. The maximum atomic E-state index is 12.5. The first-order valence-electron chi connectivity index (χ1n) is 33.5. The van der Waals surface area contributed by atoms with Gasteiger partial charge in [0, 0.05) is 45.8 Å². The first kappa shape index (κ1) is 87.1. The monoisotopic (exact) mass is 1500 g/mol. The van der Waals surface area contributed by atoms with Crippen molar-refractivity contribution in [1.82, 2.24) is 9.88 Å². The molecular weight excluding hydrogens is 1400 g/mol. The van der Waals surface area contributed by atoms with E-state index >= 15 is 0 Å². The summed E-state index contributed by atoms with van der Waals surface area (Å²) in [4.78, 5) is 65.5. The van der Waals surface area contributed by atoms with E-state index in [1.807, 2.05) is 132 Å². The van der Waals surface area contributed by atoms with Gasteiger partial charge in [0.25, 0.3) is 0 Å². The first-order chi connectivity index (χ1) is 46.6. The number of anilines is 1. The van der Waals surface area contributed by atoms with Crippen LogP contribution in [0.2, 0.25) is 0 Å². The van der Waals surface area contributed by atoms with Gasteiger partial charge in [-0.1, -0.05) is 92.8 Å². The fourth-order valence-electron chi connectivity index (χ4n) is 9.17. The summed E-state index contributed by atoms with van der Waals surface area (Å²) >= 11 is 8.95. The fraction of sp³-hybridized carbons (Fsp3) is 0.337. The number of hydrogen-bond donors (Lipinski definition) is 4. The zero-order valence-corrected chi connectivity index (χ0v) is 65.4. The highest BCUT2D eigenvalue weighted by Crippen LogP contribution is 2.32. The lowest BCUT2D eigenvalue weighted by molar-refractivity contribution is -0.255. The van der Waals surface area contributed by atoms with Gasteiger partial charge in [0.05, 0.1) is 27.1 Å². The molecule has 2 unspecified atom stereocenters. The van der Waals surface area contributed by atoms with Gasteiger partial charge < -0.3 is 65.5 Å². The Morgan fingerprint density at radius 2 is 0.891 bits per heavy atom. The van der Waals surface area contributed by atoms with E-state index in [2.05, 4.69) is 113 Å². The maximum absolute atomic E-state index is 12.5. The second-order valence-corrected chi connectivity index (χ2v) is 29.5. The Labute approximate surface area is 625 Å². The Hall–Kier alpha value is -8.12. The number of aromatic nitrogens is 1. The molecule has 14 nitrogen and oxygen atoms in total. The summed E-state index contributed by atoms with van der Waals surface area (Å²) in [6.07, 6.45) is 2.68. The molecule has 0 amide bonds. The number of halogens is 4. The van der Waals surface area contributed by atoms with E-state index in [0.717, 1.165) is 58.3 Å². The minimum atomic E-state index is -0.568. The van der Waals surface area contributed by atoms with Gasteiger partial charge >= 0.3 is 17.9 Å². The molecule has 101 heavy (non-hydrogen) atoms. The van der Waals surface area contributed by atoms with Crippen molar-refractivity contribution in [2.45, 2.75) is 140 Å². The largest absolute Gasteiger partial charge is 1.00 e. The number of H-pyrrole nitrogens is 1. The number of carbonyl (C=O) groups is 5. The number of nitrogens with one attached hydrogen (secondary N) is 2. The summed E-state index contributed by atoms with van der Waals surface area (Å²) in [5.74, 6) is 2.12. The standard InChI is InChI=1S/C21H25NO3.C21H23NO2.C14H17BrO3.C13H18ClNO.2C7H9N.2ClH/c1-14-6-10-17(11-7-14)22-15(2)19(23)16-8-12-18(13-9-16)25-20(24)21(3,4)5;1-13-6-11-18-17(12-13)14(2)19(22-18)15-7-9-16(10-8-15)24-20(23)21(3,4)5;1-9(15)12(16)10-5-7-11(8-6-10)18-13(17)14(2,3)4;14-11-12-3-5-13(6-4-12)16-10-9-15-7-1-2-8-15;2*1-6-2-4-7(8)5-3-6;;/h6-13,15,22H,1-5H3;6-12,22H,1-5H3;5-9H,1-4H3;3-6H,1-2,7-11H2;2*2-5H,8H2,1H3;2*1H. The van der Waals surface area contributed by atoms with Gasteiger partial charge in [-0.15, -0.1) is 11.6 Å². The van der Waals surface area contributed by atoms with Gasteiger partial charge in [-0.05, 0) is 287 Å². The predicted molar refractivity (Wildman–Crippen MR) is 407 cm³/mol. The van der Waals surface area contributed by atoms with E-state index in [4.69, 9.17) is 30.5 Å². The molecule has 0 radical (unpaired) electrons. The lowest BCUT2D eigenvalue weighted by atomic mass is 9.97. The Bertz CT molecular complexity index is 3920. The average Bonchev–Trinajstić information content (AvgIpc) is 1.64. The number of ether oxygens (including phenoxy) is 4. The van der Waals surface area contributed by atoms with Gasteiger partial charge in [-0.3, -0.25) is 28.9 Å². The molecule has 1 saturated heterocycles. The molecule has 18 heteroatoms. The van der Waals surface area contributed by atoms with Gasteiger partial charge in [0.1, 0.15) is 41.0 Å².